The molecule has 0 fully saturated rings. The minimum atomic E-state index is -1.06. The number of aromatic nitrogens is 1. The van der Waals surface area contributed by atoms with Crippen molar-refractivity contribution in [2.45, 2.75) is 26.3 Å². The van der Waals surface area contributed by atoms with Gasteiger partial charge in [0.25, 0.3) is 0 Å². The fourth-order valence-electron chi connectivity index (χ4n) is 0.976. The molecule has 72 valence electrons. The highest BCUT2D eigenvalue weighted by Crippen LogP contribution is 2.05. The molecule has 5 nitrogen and oxygen atoms in total. The Bertz CT molecular complexity index is 283. The predicted octanol–water partition coefficient (Wildman–Crippen LogP) is 1.39. The largest absolute Gasteiger partial charge is 0.465 e. The van der Waals surface area contributed by atoms with E-state index in [0.29, 0.717) is 5.76 Å². The molecule has 1 aromatic heterocycles. The third-order valence-electron chi connectivity index (χ3n) is 1.53. The highest BCUT2D eigenvalue weighted by atomic mass is 16.5. The third kappa shape index (κ3) is 3.14. The molecule has 1 rings (SSSR count). The molecule has 1 heterocycles. The van der Waals surface area contributed by atoms with Crippen LogP contribution < -0.4 is 5.32 Å². The van der Waals surface area contributed by atoms with E-state index in [2.05, 4.69) is 10.5 Å². The Balaban J connectivity index is 2.44. The molecule has 0 aliphatic heterocycles. The Labute approximate surface area is 75.7 Å². The Morgan fingerprint density at radius 2 is 2.54 bits per heavy atom. The topological polar surface area (TPSA) is 75.4 Å². The lowest BCUT2D eigenvalue weighted by Gasteiger charge is -1.93. The van der Waals surface area contributed by atoms with E-state index in [0.717, 1.165) is 18.5 Å². The molecule has 2 N–H and O–H groups in total. The van der Waals surface area contributed by atoms with E-state index >= 15 is 0 Å². The molecule has 13 heavy (non-hydrogen) atoms. The fourth-order valence-corrected chi connectivity index (χ4v) is 0.976. The highest BCUT2D eigenvalue weighted by Gasteiger charge is 2.03. The molecular formula is C8H12N2O3. The van der Waals surface area contributed by atoms with Crippen LogP contribution in [0.1, 0.15) is 24.8 Å². The summed E-state index contributed by atoms with van der Waals surface area (Å²) in [6.07, 6.45) is 0.794. The minimum Gasteiger partial charge on any atom is -0.465 e. The molecule has 0 unspecified atom stereocenters. The summed E-state index contributed by atoms with van der Waals surface area (Å²) in [5.41, 5.74) is 0.865. The molecule has 0 saturated carbocycles. The first kappa shape index (κ1) is 9.57. The summed E-state index contributed by atoms with van der Waals surface area (Å²) in [5, 5.41) is 14.3. The van der Waals surface area contributed by atoms with Gasteiger partial charge in [-0.05, 0) is 6.42 Å². The molecule has 0 bridgehead atoms. The number of amides is 1. The van der Waals surface area contributed by atoms with Crippen LogP contribution in [0.3, 0.4) is 0 Å². The SMILES string of the molecule is CCCc1cc(CNC(=O)O)on1. The number of rotatable bonds is 4. The van der Waals surface area contributed by atoms with Gasteiger partial charge in [-0.25, -0.2) is 4.79 Å². The molecular weight excluding hydrogens is 172 g/mol. The zero-order chi connectivity index (χ0) is 9.68. The Morgan fingerprint density at radius 3 is 3.15 bits per heavy atom. The molecule has 0 spiro atoms. The molecule has 0 radical (unpaired) electrons. The van der Waals surface area contributed by atoms with Gasteiger partial charge in [-0.15, -0.1) is 0 Å². The van der Waals surface area contributed by atoms with Crippen LogP contribution in [0.5, 0.6) is 0 Å². The maximum absolute atomic E-state index is 10.1. The molecule has 0 aliphatic carbocycles. The molecule has 1 aromatic rings. The lowest BCUT2D eigenvalue weighted by molar-refractivity contribution is 0.192. The lowest BCUT2D eigenvalue weighted by atomic mass is 10.2. The van der Waals surface area contributed by atoms with Crippen LogP contribution >= 0.6 is 0 Å². The average Bonchev–Trinajstić information content (AvgIpc) is 2.50. The number of nitrogens with one attached hydrogen (secondary N) is 1. The molecule has 0 atom stereocenters. The van der Waals surface area contributed by atoms with Crippen molar-refractivity contribution in [1.82, 2.24) is 10.5 Å². The zero-order valence-corrected chi connectivity index (χ0v) is 7.41. The fraction of sp³-hybridized carbons (Fsp3) is 0.500. The van der Waals surface area contributed by atoms with Gasteiger partial charge in [-0.1, -0.05) is 18.5 Å². The summed E-state index contributed by atoms with van der Waals surface area (Å²) >= 11 is 0. The van der Waals surface area contributed by atoms with E-state index in [1.54, 1.807) is 6.07 Å². The molecule has 0 aromatic carbocycles. The summed E-state index contributed by atoms with van der Waals surface area (Å²) in [5.74, 6) is 0.547. The van der Waals surface area contributed by atoms with Crippen LogP contribution in [-0.2, 0) is 13.0 Å². The van der Waals surface area contributed by atoms with Gasteiger partial charge in [0, 0.05) is 6.07 Å². The van der Waals surface area contributed by atoms with E-state index in [4.69, 9.17) is 9.63 Å². The van der Waals surface area contributed by atoms with E-state index in [-0.39, 0.29) is 6.54 Å². The van der Waals surface area contributed by atoms with E-state index in [1.807, 2.05) is 6.92 Å². The molecule has 0 aliphatic rings. The third-order valence-corrected chi connectivity index (χ3v) is 1.53. The Kier molecular flexibility index (Phi) is 3.31. The van der Waals surface area contributed by atoms with Crippen molar-refractivity contribution in [1.29, 1.82) is 0 Å². The van der Waals surface area contributed by atoms with Crippen LogP contribution in [0.25, 0.3) is 0 Å². The second kappa shape index (κ2) is 4.49. The van der Waals surface area contributed by atoms with Gasteiger partial charge in [0.1, 0.15) is 0 Å². The number of hydrogen-bond donors (Lipinski definition) is 2. The van der Waals surface area contributed by atoms with Crippen molar-refractivity contribution in [3.63, 3.8) is 0 Å². The quantitative estimate of drug-likeness (QED) is 0.741. The first-order valence-corrected chi connectivity index (χ1v) is 4.13. The number of aryl methyl sites for hydroxylation is 1. The average molecular weight is 184 g/mol. The van der Waals surface area contributed by atoms with Crippen molar-refractivity contribution in [2.75, 3.05) is 0 Å². The number of nitrogens with zero attached hydrogens (tertiary/aromatic N) is 1. The van der Waals surface area contributed by atoms with Crippen molar-refractivity contribution in [3.8, 4) is 0 Å². The van der Waals surface area contributed by atoms with Crippen LogP contribution in [0.2, 0.25) is 0 Å². The van der Waals surface area contributed by atoms with Crippen molar-refractivity contribution in [2.24, 2.45) is 0 Å². The maximum Gasteiger partial charge on any atom is 0.405 e. The molecule has 0 saturated heterocycles. The number of hydrogen-bond acceptors (Lipinski definition) is 3. The molecule has 5 heteroatoms. The lowest BCUT2D eigenvalue weighted by Crippen LogP contribution is -2.19. The Morgan fingerprint density at radius 1 is 1.77 bits per heavy atom. The van der Waals surface area contributed by atoms with Gasteiger partial charge < -0.3 is 14.9 Å². The van der Waals surface area contributed by atoms with Gasteiger partial charge in [-0.2, -0.15) is 0 Å². The highest BCUT2D eigenvalue weighted by molar-refractivity contribution is 5.64. The standard InChI is InChI=1S/C8H12N2O3/c1-2-3-6-4-7(13-10-6)5-9-8(11)12/h4,9H,2-3,5H2,1H3,(H,11,12). The summed E-state index contributed by atoms with van der Waals surface area (Å²) in [6.45, 7) is 2.22. The van der Waals surface area contributed by atoms with E-state index in [1.165, 1.54) is 0 Å². The summed E-state index contributed by atoms with van der Waals surface area (Å²) < 4.78 is 4.89. The second-order valence-corrected chi connectivity index (χ2v) is 2.69. The normalized spacial score (nSPS) is 9.92. The van der Waals surface area contributed by atoms with Crippen LogP contribution in [0.15, 0.2) is 10.6 Å². The van der Waals surface area contributed by atoms with Gasteiger partial charge in [0.05, 0.1) is 12.2 Å². The summed E-state index contributed by atoms with van der Waals surface area (Å²) in [4.78, 5) is 10.1. The monoisotopic (exact) mass is 184 g/mol. The van der Waals surface area contributed by atoms with Crippen LogP contribution in [0, 0.1) is 0 Å². The predicted molar refractivity (Wildman–Crippen MR) is 45.4 cm³/mol. The van der Waals surface area contributed by atoms with E-state index in [9.17, 15) is 4.79 Å². The van der Waals surface area contributed by atoms with Crippen molar-refractivity contribution < 1.29 is 14.4 Å². The summed E-state index contributed by atoms with van der Waals surface area (Å²) in [7, 11) is 0. The maximum atomic E-state index is 10.1. The van der Waals surface area contributed by atoms with Gasteiger partial charge >= 0.3 is 6.09 Å². The van der Waals surface area contributed by atoms with E-state index < -0.39 is 6.09 Å². The second-order valence-electron chi connectivity index (χ2n) is 2.69. The Hall–Kier alpha value is -1.52. The number of carbonyl (C=O) groups is 1. The first-order chi connectivity index (χ1) is 6.22. The smallest absolute Gasteiger partial charge is 0.405 e. The first-order valence-electron chi connectivity index (χ1n) is 4.13. The van der Waals surface area contributed by atoms with Crippen LogP contribution in [-0.4, -0.2) is 16.4 Å². The molecule has 1 amide bonds. The zero-order valence-electron chi connectivity index (χ0n) is 7.41. The van der Waals surface area contributed by atoms with Gasteiger partial charge in [-0.3, -0.25) is 0 Å². The van der Waals surface area contributed by atoms with Crippen molar-refractivity contribution >= 4 is 6.09 Å². The number of carboxylic acid groups (broad SMARTS) is 1. The van der Waals surface area contributed by atoms with Crippen molar-refractivity contribution in [3.05, 3.63) is 17.5 Å². The summed E-state index contributed by atoms with van der Waals surface area (Å²) in [6, 6.07) is 1.76. The van der Waals surface area contributed by atoms with Gasteiger partial charge in [0.2, 0.25) is 0 Å². The minimum absolute atomic E-state index is 0.173. The van der Waals surface area contributed by atoms with Crippen LogP contribution in [0.4, 0.5) is 4.79 Å². The van der Waals surface area contributed by atoms with Gasteiger partial charge in [0.15, 0.2) is 5.76 Å².